The molecule has 5 nitrogen and oxygen atoms in total. The Morgan fingerprint density at radius 2 is 1.83 bits per heavy atom. The number of carbonyl (C=O) groups excluding carboxylic acids is 1. The summed E-state index contributed by atoms with van der Waals surface area (Å²) < 4.78 is 10.4. The van der Waals surface area contributed by atoms with E-state index in [1.165, 1.54) is 0 Å². The van der Waals surface area contributed by atoms with Crippen molar-refractivity contribution in [2.45, 2.75) is 6.54 Å². The highest BCUT2D eigenvalue weighted by Crippen LogP contribution is 2.22. The van der Waals surface area contributed by atoms with Crippen LogP contribution in [0.3, 0.4) is 0 Å². The normalized spacial score (nSPS) is 9.61. The Balaban J connectivity index is 1.97. The first kappa shape index (κ1) is 16.2. The molecule has 118 valence electrons. The van der Waals surface area contributed by atoms with Gasteiger partial charge in [0, 0.05) is 23.9 Å². The minimum Gasteiger partial charge on any atom is -0.497 e. The van der Waals surface area contributed by atoms with E-state index in [-0.39, 0.29) is 6.03 Å². The van der Waals surface area contributed by atoms with Crippen LogP contribution in [-0.4, -0.2) is 20.3 Å². The van der Waals surface area contributed by atoms with Gasteiger partial charge in [0.15, 0.2) is 0 Å². The van der Waals surface area contributed by atoms with Crippen LogP contribution in [-0.2, 0) is 6.54 Å². The van der Waals surface area contributed by atoms with Gasteiger partial charge in [0.1, 0.15) is 11.5 Å². The number of rotatable bonds is 5. The van der Waals surface area contributed by atoms with Gasteiger partial charge >= 0.3 is 6.03 Å². The van der Waals surface area contributed by atoms with Crippen LogP contribution in [0, 0.1) is 12.3 Å². The largest absolute Gasteiger partial charge is 0.497 e. The van der Waals surface area contributed by atoms with Crippen molar-refractivity contribution in [2.75, 3.05) is 19.5 Å². The average Bonchev–Trinajstić information content (AvgIpc) is 2.59. The molecular weight excluding hydrogens is 292 g/mol. The van der Waals surface area contributed by atoms with Gasteiger partial charge in [0.05, 0.1) is 14.2 Å². The molecule has 0 spiro atoms. The monoisotopic (exact) mass is 310 g/mol. The van der Waals surface area contributed by atoms with Gasteiger partial charge in [-0.2, -0.15) is 0 Å². The molecule has 0 atom stereocenters. The van der Waals surface area contributed by atoms with Crippen molar-refractivity contribution < 1.29 is 14.3 Å². The molecule has 0 bridgehead atoms. The van der Waals surface area contributed by atoms with Crippen LogP contribution in [0.2, 0.25) is 0 Å². The zero-order valence-electron chi connectivity index (χ0n) is 13.1. The molecule has 2 rings (SSSR count). The zero-order chi connectivity index (χ0) is 16.7. The summed E-state index contributed by atoms with van der Waals surface area (Å²) in [6.07, 6.45) is 5.34. The van der Waals surface area contributed by atoms with Crippen molar-refractivity contribution in [1.29, 1.82) is 0 Å². The van der Waals surface area contributed by atoms with Crippen LogP contribution >= 0.6 is 0 Å². The van der Waals surface area contributed by atoms with Crippen LogP contribution in [0.4, 0.5) is 10.5 Å². The molecule has 5 heteroatoms. The molecule has 2 aromatic carbocycles. The van der Waals surface area contributed by atoms with Crippen molar-refractivity contribution in [3.8, 4) is 23.8 Å². The lowest BCUT2D eigenvalue weighted by molar-refractivity contribution is 0.251. The number of methoxy groups -OCH3 is 2. The highest BCUT2D eigenvalue weighted by Gasteiger charge is 2.05. The number of amides is 2. The SMILES string of the molecule is C#Cc1cccc(NC(=O)NCc2cc(OC)cc(OC)c2)c1. The summed E-state index contributed by atoms with van der Waals surface area (Å²) in [5.74, 6) is 3.86. The highest BCUT2D eigenvalue weighted by atomic mass is 16.5. The number of carbonyl (C=O) groups is 1. The van der Waals surface area contributed by atoms with E-state index in [4.69, 9.17) is 15.9 Å². The third-order valence-electron chi connectivity index (χ3n) is 3.15. The quantitative estimate of drug-likeness (QED) is 0.835. The number of urea groups is 1. The minimum absolute atomic E-state index is 0.319. The molecule has 2 N–H and O–H groups in total. The van der Waals surface area contributed by atoms with Gasteiger partial charge in [0.25, 0.3) is 0 Å². The Bertz CT molecular complexity index is 713. The minimum atomic E-state index is -0.319. The number of benzene rings is 2. The van der Waals surface area contributed by atoms with E-state index in [1.54, 1.807) is 44.6 Å². The van der Waals surface area contributed by atoms with Crippen LogP contribution in [0.1, 0.15) is 11.1 Å². The molecule has 0 saturated carbocycles. The molecule has 0 fully saturated rings. The van der Waals surface area contributed by atoms with Crippen LogP contribution in [0.5, 0.6) is 11.5 Å². The number of terminal acetylenes is 1. The number of hydrogen-bond acceptors (Lipinski definition) is 3. The summed E-state index contributed by atoms with van der Waals surface area (Å²) in [4.78, 5) is 12.0. The maximum Gasteiger partial charge on any atom is 0.319 e. The van der Waals surface area contributed by atoms with Crippen LogP contribution < -0.4 is 20.1 Å². The maximum atomic E-state index is 12.0. The van der Waals surface area contributed by atoms with Gasteiger partial charge in [-0.05, 0) is 35.9 Å². The molecule has 0 aliphatic heterocycles. The fraction of sp³-hybridized carbons (Fsp3) is 0.167. The summed E-state index contributed by atoms with van der Waals surface area (Å²) in [6.45, 7) is 0.341. The van der Waals surface area contributed by atoms with Crippen LogP contribution in [0.25, 0.3) is 0 Å². The second-order valence-corrected chi connectivity index (χ2v) is 4.75. The summed E-state index contributed by atoms with van der Waals surface area (Å²) in [7, 11) is 3.16. The molecule has 0 aliphatic carbocycles. The van der Waals surface area contributed by atoms with Crippen molar-refractivity contribution >= 4 is 11.7 Å². The molecule has 0 aromatic heterocycles. The van der Waals surface area contributed by atoms with Crippen molar-refractivity contribution in [2.24, 2.45) is 0 Å². The third kappa shape index (κ3) is 4.68. The lowest BCUT2D eigenvalue weighted by Crippen LogP contribution is -2.28. The predicted octanol–water partition coefficient (Wildman–Crippen LogP) is 3.01. The Hall–Kier alpha value is -3.13. The Kier molecular flexibility index (Phi) is 5.48. The van der Waals surface area contributed by atoms with Gasteiger partial charge < -0.3 is 20.1 Å². The first-order valence-electron chi connectivity index (χ1n) is 6.98. The van der Waals surface area contributed by atoms with E-state index in [0.29, 0.717) is 29.3 Å². The second-order valence-electron chi connectivity index (χ2n) is 4.75. The molecule has 0 aliphatic rings. The molecule has 23 heavy (non-hydrogen) atoms. The molecule has 2 amide bonds. The molecule has 0 unspecified atom stereocenters. The Morgan fingerprint density at radius 3 is 2.43 bits per heavy atom. The lowest BCUT2D eigenvalue weighted by atomic mass is 10.2. The van der Waals surface area contributed by atoms with E-state index >= 15 is 0 Å². The zero-order valence-corrected chi connectivity index (χ0v) is 13.1. The van der Waals surface area contributed by atoms with E-state index in [1.807, 2.05) is 12.1 Å². The van der Waals surface area contributed by atoms with Gasteiger partial charge in [-0.15, -0.1) is 6.42 Å². The number of ether oxygens (including phenoxy) is 2. The van der Waals surface area contributed by atoms with Crippen molar-refractivity contribution in [3.63, 3.8) is 0 Å². The van der Waals surface area contributed by atoms with E-state index in [9.17, 15) is 4.79 Å². The van der Waals surface area contributed by atoms with E-state index in [0.717, 1.165) is 5.56 Å². The Labute approximate surface area is 135 Å². The average molecular weight is 310 g/mol. The number of nitrogens with one attached hydrogen (secondary N) is 2. The topological polar surface area (TPSA) is 59.6 Å². The Morgan fingerprint density at radius 1 is 1.13 bits per heavy atom. The van der Waals surface area contributed by atoms with Gasteiger partial charge in [-0.1, -0.05) is 12.0 Å². The lowest BCUT2D eigenvalue weighted by Gasteiger charge is -2.10. The first-order chi connectivity index (χ1) is 11.1. The van der Waals surface area contributed by atoms with Crippen LogP contribution in [0.15, 0.2) is 42.5 Å². The standard InChI is InChI=1S/C18H18N2O3/c1-4-13-6-5-7-15(8-13)20-18(21)19-12-14-9-16(22-2)11-17(10-14)23-3/h1,5-11H,12H2,2-3H3,(H2,19,20,21). The number of hydrogen-bond donors (Lipinski definition) is 2. The highest BCUT2D eigenvalue weighted by molar-refractivity contribution is 5.89. The summed E-state index contributed by atoms with van der Waals surface area (Å²) in [5, 5.41) is 5.51. The van der Waals surface area contributed by atoms with Gasteiger partial charge in [-0.3, -0.25) is 0 Å². The molecule has 0 radical (unpaired) electrons. The van der Waals surface area contributed by atoms with Crippen molar-refractivity contribution in [1.82, 2.24) is 5.32 Å². The van der Waals surface area contributed by atoms with Gasteiger partial charge in [-0.25, -0.2) is 4.79 Å². The van der Waals surface area contributed by atoms with E-state index in [2.05, 4.69) is 16.6 Å². The van der Waals surface area contributed by atoms with Gasteiger partial charge in [0.2, 0.25) is 0 Å². The molecular formula is C18H18N2O3. The summed E-state index contributed by atoms with van der Waals surface area (Å²) >= 11 is 0. The fourth-order valence-electron chi connectivity index (χ4n) is 2.01. The second kappa shape index (κ2) is 7.76. The third-order valence-corrected chi connectivity index (χ3v) is 3.15. The molecule has 2 aromatic rings. The summed E-state index contributed by atoms with van der Waals surface area (Å²) in [5.41, 5.74) is 2.22. The smallest absolute Gasteiger partial charge is 0.319 e. The number of anilines is 1. The first-order valence-corrected chi connectivity index (χ1v) is 6.98. The molecule has 0 heterocycles. The van der Waals surface area contributed by atoms with E-state index < -0.39 is 0 Å². The maximum absolute atomic E-state index is 12.0. The molecule has 0 saturated heterocycles. The van der Waals surface area contributed by atoms with Crippen molar-refractivity contribution in [3.05, 3.63) is 53.6 Å². The summed E-state index contributed by atoms with van der Waals surface area (Å²) in [6, 6.07) is 12.2. The predicted molar refractivity (Wildman–Crippen MR) is 89.8 cm³/mol. The fourth-order valence-corrected chi connectivity index (χ4v) is 2.01.